The molecule has 1 amide bonds. The largest absolute Gasteiger partial charge is 0.497 e. The number of benzene rings is 2. The molecular weight excluding hydrogens is 388 g/mol. The highest BCUT2D eigenvalue weighted by atomic mass is 32.2. The number of carbonyl (C=O) groups excluding carboxylic acids is 1. The fourth-order valence-electron chi connectivity index (χ4n) is 3.55. The Morgan fingerprint density at radius 3 is 2.31 bits per heavy atom. The van der Waals surface area contributed by atoms with Crippen molar-refractivity contribution in [2.75, 3.05) is 11.8 Å². The molecule has 1 fully saturated rings. The summed E-state index contributed by atoms with van der Waals surface area (Å²) in [6.45, 7) is 4.04. The topological polar surface area (TPSA) is 84.5 Å². The number of hydrogen-bond donors (Lipinski definition) is 2. The first-order chi connectivity index (χ1) is 13.8. The van der Waals surface area contributed by atoms with Crippen LogP contribution in [-0.4, -0.2) is 27.5 Å². The van der Waals surface area contributed by atoms with Crippen LogP contribution < -0.4 is 14.8 Å². The summed E-state index contributed by atoms with van der Waals surface area (Å²) in [5, 5.41) is 3.07. The van der Waals surface area contributed by atoms with Gasteiger partial charge < -0.3 is 10.1 Å². The van der Waals surface area contributed by atoms with E-state index in [1.165, 1.54) is 12.1 Å². The van der Waals surface area contributed by atoms with Crippen molar-refractivity contribution in [3.8, 4) is 5.75 Å². The van der Waals surface area contributed by atoms with Gasteiger partial charge in [-0.1, -0.05) is 13.0 Å². The zero-order valence-electron chi connectivity index (χ0n) is 17.1. The molecule has 0 aromatic heterocycles. The van der Waals surface area contributed by atoms with Crippen molar-refractivity contribution in [2.45, 2.75) is 50.5 Å². The van der Waals surface area contributed by atoms with Gasteiger partial charge in [-0.2, -0.15) is 0 Å². The second-order valence-corrected chi connectivity index (χ2v) is 9.42. The third kappa shape index (κ3) is 5.29. The Bertz CT molecular complexity index is 963. The van der Waals surface area contributed by atoms with E-state index in [-0.39, 0.29) is 16.8 Å². The Morgan fingerprint density at radius 2 is 1.69 bits per heavy atom. The summed E-state index contributed by atoms with van der Waals surface area (Å²) in [7, 11) is -2.27. The Labute approximate surface area is 172 Å². The maximum atomic E-state index is 12.8. The molecule has 0 atom stereocenters. The number of aryl methyl sites for hydroxylation is 1. The van der Waals surface area contributed by atoms with Crippen molar-refractivity contribution in [3.05, 3.63) is 53.6 Å². The molecule has 0 unspecified atom stereocenters. The number of hydrogen-bond acceptors (Lipinski definition) is 4. The fraction of sp³-hybridized carbons (Fsp3) is 0.409. The molecule has 6 nitrogen and oxygen atoms in total. The summed E-state index contributed by atoms with van der Waals surface area (Å²) < 4.78 is 33.2. The monoisotopic (exact) mass is 416 g/mol. The number of carbonyl (C=O) groups is 1. The van der Waals surface area contributed by atoms with Gasteiger partial charge in [0.15, 0.2) is 0 Å². The minimum absolute atomic E-state index is 0.0568. The van der Waals surface area contributed by atoms with Crippen LogP contribution in [0.1, 0.15) is 48.5 Å². The number of rotatable bonds is 6. The summed E-state index contributed by atoms with van der Waals surface area (Å²) in [6, 6.07) is 11.4. The quantitative estimate of drug-likeness (QED) is 0.742. The molecule has 0 spiro atoms. The van der Waals surface area contributed by atoms with Gasteiger partial charge in [-0.3, -0.25) is 9.52 Å². The SMILES string of the molecule is COc1ccc(NS(=O)(=O)c2ccc(C)c(C(=O)NC3CCC(C)CC3)c2)cc1. The maximum absolute atomic E-state index is 12.8. The average Bonchev–Trinajstić information content (AvgIpc) is 2.70. The van der Waals surface area contributed by atoms with Crippen molar-refractivity contribution in [1.82, 2.24) is 5.32 Å². The number of amides is 1. The van der Waals surface area contributed by atoms with Gasteiger partial charge in [0.2, 0.25) is 0 Å². The van der Waals surface area contributed by atoms with Crippen LogP contribution in [0.3, 0.4) is 0 Å². The van der Waals surface area contributed by atoms with E-state index in [0.29, 0.717) is 22.9 Å². The van der Waals surface area contributed by atoms with E-state index in [1.54, 1.807) is 37.4 Å². The molecule has 0 bridgehead atoms. The lowest BCUT2D eigenvalue weighted by molar-refractivity contribution is 0.0922. The van der Waals surface area contributed by atoms with Gasteiger partial charge in [-0.05, 0) is 80.5 Å². The summed E-state index contributed by atoms with van der Waals surface area (Å²) >= 11 is 0. The molecule has 29 heavy (non-hydrogen) atoms. The van der Waals surface area contributed by atoms with Gasteiger partial charge in [0.05, 0.1) is 12.0 Å². The first kappa shape index (κ1) is 21.2. The van der Waals surface area contributed by atoms with Crippen molar-refractivity contribution in [1.29, 1.82) is 0 Å². The first-order valence-corrected chi connectivity index (χ1v) is 11.3. The molecule has 1 aliphatic rings. The van der Waals surface area contributed by atoms with E-state index in [2.05, 4.69) is 17.0 Å². The van der Waals surface area contributed by atoms with Gasteiger partial charge in [0.1, 0.15) is 5.75 Å². The average molecular weight is 417 g/mol. The highest BCUT2D eigenvalue weighted by molar-refractivity contribution is 7.92. The van der Waals surface area contributed by atoms with Crippen LogP contribution in [0.2, 0.25) is 0 Å². The maximum Gasteiger partial charge on any atom is 0.261 e. The third-order valence-corrected chi connectivity index (χ3v) is 6.84. The number of sulfonamides is 1. The Balaban J connectivity index is 1.76. The second kappa shape index (κ2) is 8.86. The van der Waals surface area contributed by atoms with E-state index < -0.39 is 10.0 Å². The van der Waals surface area contributed by atoms with Crippen LogP contribution in [0.5, 0.6) is 5.75 Å². The lowest BCUT2D eigenvalue weighted by atomic mass is 9.87. The van der Waals surface area contributed by atoms with Crippen molar-refractivity contribution < 1.29 is 17.9 Å². The number of nitrogens with one attached hydrogen (secondary N) is 2. The van der Waals surface area contributed by atoms with E-state index in [4.69, 9.17) is 4.74 Å². The predicted molar refractivity (Wildman–Crippen MR) is 114 cm³/mol. The molecule has 2 aromatic carbocycles. The zero-order chi connectivity index (χ0) is 21.0. The number of methoxy groups -OCH3 is 1. The van der Waals surface area contributed by atoms with Crippen molar-refractivity contribution in [3.63, 3.8) is 0 Å². The molecule has 0 saturated heterocycles. The minimum atomic E-state index is -3.82. The molecular formula is C22H28N2O4S. The molecule has 2 N–H and O–H groups in total. The second-order valence-electron chi connectivity index (χ2n) is 7.74. The molecule has 2 aromatic rings. The van der Waals surface area contributed by atoms with Crippen LogP contribution in [-0.2, 0) is 10.0 Å². The third-order valence-electron chi connectivity index (χ3n) is 5.46. The summed E-state index contributed by atoms with van der Waals surface area (Å²) in [4.78, 5) is 12.8. The Morgan fingerprint density at radius 1 is 1.03 bits per heavy atom. The number of ether oxygens (including phenoxy) is 1. The summed E-state index contributed by atoms with van der Waals surface area (Å²) in [5.74, 6) is 1.12. The van der Waals surface area contributed by atoms with Crippen LogP contribution in [0.4, 0.5) is 5.69 Å². The molecule has 1 saturated carbocycles. The van der Waals surface area contributed by atoms with Gasteiger partial charge in [0.25, 0.3) is 15.9 Å². The van der Waals surface area contributed by atoms with Crippen LogP contribution in [0, 0.1) is 12.8 Å². The first-order valence-electron chi connectivity index (χ1n) is 9.87. The number of anilines is 1. The van der Waals surface area contributed by atoms with Crippen LogP contribution in [0.25, 0.3) is 0 Å². The summed E-state index contributed by atoms with van der Waals surface area (Å²) in [6.07, 6.45) is 4.13. The Hall–Kier alpha value is -2.54. The molecule has 7 heteroatoms. The van der Waals surface area contributed by atoms with Gasteiger partial charge in [0, 0.05) is 17.3 Å². The normalized spacial score (nSPS) is 19.4. The van der Waals surface area contributed by atoms with Crippen molar-refractivity contribution in [2.24, 2.45) is 5.92 Å². The molecule has 0 heterocycles. The molecule has 1 aliphatic carbocycles. The van der Waals surface area contributed by atoms with Crippen molar-refractivity contribution >= 4 is 21.6 Å². The van der Waals surface area contributed by atoms with E-state index in [1.807, 2.05) is 6.92 Å². The van der Waals surface area contributed by atoms with E-state index >= 15 is 0 Å². The van der Waals surface area contributed by atoms with E-state index in [9.17, 15) is 13.2 Å². The highest BCUT2D eigenvalue weighted by Crippen LogP contribution is 2.25. The highest BCUT2D eigenvalue weighted by Gasteiger charge is 2.23. The van der Waals surface area contributed by atoms with Crippen LogP contribution >= 0.6 is 0 Å². The molecule has 156 valence electrons. The van der Waals surface area contributed by atoms with E-state index in [0.717, 1.165) is 31.2 Å². The molecule has 0 radical (unpaired) electrons. The standard InChI is InChI=1S/C22H28N2O4S/c1-15-4-7-17(8-5-15)23-22(25)21-14-20(13-6-16(21)2)29(26,27)24-18-9-11-19(28-3)12-10-18/h6,9-15,17,24H,4-5,7-8H2,1-3H3,(H,23,25). The zero-order valence-corrected chi connectivity index (χ0v) is 17.9. The van der Waals surface area contributed by atoms with Gasteiger partial charge in [-0.15, -0.1) is 0 Å². The van der Waals surface area contributed by atoms with Gasteiger partial charge in [-0.25, -0.2) is 8.42 Å². The smallest absolute Gasteiger partial charge is 0.261 e. The fourth-order valence-corrected chi connectivity index (χ4v) is 4.64. The lowest BCUT2D eigenvalue weighted by Crippen LogP contribution is -2.37. The van der Waals surface area contributed by atoms with Crippen LogP contribution in [0.15, 0.2) is 47.4 Å². The minimum Gasteiger partial charge on any atom is -0.497 e. The van der Waals surface area contributed by atoms with Gasteiger partial charge >= 0.3 is 0 Å². The molecule has 3 rings (SSSR count). The Kier molecular flexibility index (Phi) is 6.47. The summed E-state index contributed by atoms with van der Waals surface area (Å²) in [5.41, 5.74) is 1.56. The lowest BCUT2D eigenvalue weighted by Gasteiger charge is -2.27. The molecule has 0 aliphatic heterocycles. The predicted octanol–water partition coefficient (Wildman–Crippen LogP) is 4.11.